The Bertz CT molecular complexity index is 1050. The van der Waals surface area contributed by atoms with Crippen molar-refractivity contribution in [2.24, 2.45) is 0 Å². The Morgan fingerprint density at radius 2 is 0.897 bits per heavy atom. The van der Waals surface area contributed by atoms with Gasteiger partial charge in [0.1, 0.15) is 0 Å². The predicted octanol–water partition coefficient (Wildman–Crippen LogP) is 8.74. The fourth-order valence-corrected chi connectivity index (χ4v) is 3.77. The average molecular weight is 505 g/mol. The number of hydrogen-bond donors (Lipinski definition) is 0. The van der Waals surface area contributed by atoms with Gasteiger partial charge in [-0.3, -0.25) is 0 Å². The first-order valence-electron chi connectivity index (χ1n) is 9.28. The average Bonchev–Trinajstić information content (AvgIpc) is 2.77. The molecule has 1 nitrogen and oxygen atoms in total. The van der Waals surface area contributed by atoms with Crippen LogP contribution in [-0.4, -0.2) is 0 Å². The van der Waals surface area contributed by atoms with Crippen molar-refractivity contribution in [1.29, 1.82) is 0 Å². The molecule has 0 radical (unpaired) electrons. The van der Waals surface area contributed by atoms with Gasteiger partial charge in [-0.15, -0.1) is 0 Å². The van der Waals surface area contributed by atoms with Gasteiger partial charge in [0, 0.05) is 26.0 Å². The van der Waals surface area contributed by atoms with E-state index in [4.69, 9.17) is 0 Å². The van der Waals surface area contributed by atoms with Crippen LogP contribution in [0.4, 0.5) is 17.1 Å². The second-order valence-corrected chi connectivity index (χ2v) is 8.51. The Kier molecular flexibility index (Phi) is 5.98. The summed E-state index contributed by atoms with van der Waals surface area (Å²) in [7, 11) is 0. The second kappa shape index (κ2) is 8.81. The number of benzene rings is 4. The van der Waals surface area contributed by atoms with Gasteiger partial charge in [0.2, 0.25) is 0 Å². The van der Waals surface area contributed by atoms with E-state index >= 15 is 0 Å². The summed E-state index contributed by atoms with van der Waals surface area (Å²) in [5.74, 6) is 0. The molecule has 0 N–H and O–H groups in total. The fraction of sp³-hybridized carbons (Fsp3) is 0. The maximum atomic E-state index is 4.28. The van der Waals surface area contributed by atoms with E-state index in [1.807, 2.05) is 18.2 Å². The van der Waals surface area contributed by atoms with Crippen molar-refractivity contribution >= 4 is 54.5 Å². The smallest absolute Gasteiger partial charge is 0.0462 e. The van der Waals surface area contributed by atoms with E-state index in [1.54, 1.807) is 0 Å². The Morgan fingerprint density at radius 3 is 1.34 bits per heavy atom. The standard InChI is InChI=1S/C26H19Br2N/c1-19(20-5-3-2-4-6-20)21-7-13-24(14-8-21)29(25-15-9-22(27)10-16-25)26-17-11-23(28)12-18-26/h2-18H,1H2. The normalized spacial score (nSPS) is 10.6. The first-order valence-corrected chi connectivity index (χ1v) is 10.9. The lowest BCUT2D eigenvalue weighted by Gasteiger charge is -2.26. The Morgan fingerprint density at radius 1 is 0.517 bits per heavy atom. The summed E-state index contributed by atoms with van der Waals surface area (Å²) >= 11 is 7.06. The van der Waals surface area contributed by atoms with Gasteiger partial charge >= 0.3 is 0 Å². The van der Waals surface area contributed by atoms with Crippen molar-refractivity contribution in [2.45, 2.75) is 0 Å². The van der Waals surface area contributed by atoms with E-state index in [9.17, 15) is 0 Å². The topological polar surface area (TPSA) is 3.24 Å². The minimum absolute atomic E-state index is 1.02. The summed E-state index contributed by atoms with van der Waals surface area (Å²) < 4.78 is 2.12. The monoisotopic (exact) mass is 503 g/mol. The van der Waals surface area contributed by atoms with Crippen molar-refractivity contribution in [2.75, 3.05) is 4.90 Å². The zero-order valence-corrected chi connectivity index (χ0v) is 18.9. The van der Waals surface area contributed by atoms with Crippen LogP contribution in [0.25, 0.3) is 5.57 Å². The summed E-state index contributed by atoms with van der Waals surface area (Å²) in [6.45, 7) is 4.28. The molecule has 0 saturated carbocycles. The molecule has 0 aliphatic carbocycles. The molecule has 4 aromatic rings. The third-order valence-corrected chi connectivity index (χ3v) is 5.82. The van der Waals surface area contributed by atoms with Gasteiger partial charge in [-0.05, 0) is 77.4 Å². The van der Waals surface area contributed by atoms with Gasteiger partial charge in [0.05, 0.1) is 0 Å². The number of rotatable bonds is 5. The van der Waals surface area contributed by atoms with Gasteiger partial charge in [0.15, 0.2) is 0 Å². The minimum atomic E-state index is 1.02. The molecule has 0 aliphatic rings. The molecule has 4 rings (SSSR count). The molecule has 0 aromatic heterocycles. The SMILES string of the molecule is C=C(c1ccccc1)c1ccc(N(c2ccc(Br)cc2)c2ccc(Br)cc2)cc1. The molecule has 29 heavy (non-hydrogen) atoms. The van der Waals surface area contributed by atoms with Crippen LogP contribution >= 0.6 is 31.9 Å². The maximum Gasteiger partial charge on any atom is 0.0462 e. The number of nitrogens with zero attached hydrogens (tertiary/aromatic N) is 1. The molecular formula is C26H19Br2N. The van der Waals surface area contributed by atoms with Crippen LogP contribution in [0.15, 0.2) is 119 Å². The minimum Gasteiger partial charge on any atom is -0.311 e. The molecule has 142 valence electrons. The quantitative estimate of drug-likeness (QED) is 0.262. The van der Waals surface area contributed by atoms with Gasteiger partial charge in [-0.2, -0.15) is 0 Å². The molecule has 0 heterocycles. The van der Waals surface area contributed by atoms with Gasteiger partial charge in [0.25, 0.3) is 0 Å². The third-order valence-electron chi connectivity index (χ3n) is 4.77. The predicted molar refractivity (Wildman–Crippen MR) is 131 cm³/mol. The highest BCUT2D eigenvalue weighted by Crippen LogP contribution is 2.36. The highest BCUT2D eigenvalue weighted by Gasteiger charge is 2.13. The van der Waals surface area contributed by atoms with Gasteiger partial charge < -0.3 is 4.90 Å². The highest BCUT2D eigenvalue weighted by atomic mass is 79.9. The number of anilines is 3. The summed E-state index contributed by atoms with van der Waals surface area (Å²) in [5, 5.41) is 0. The molecule has 0 atom stereocenters. The lowest BCUT2D eigenvalue weighted by atomic mass is 9.99. The van der Waals surface area contributed by atoms with Gasteiger partial charge in [-0.25, -0.2) is 0 Å². The van der Waals surface area contributed by atoms with E-state index in [-0.39, 0.29) is 0 Å². The Hall–Kier alpha value is -2.62. The van der Waals surface area contributed by atoms with E-state index < -0.39 is 0 Å². The number of halogens is 2. The zero-order valence-electron chi connectivity index (χ0n) is 15.7. The van der Waals surface area contributed by atoms with E-state index in [0.717, 1.165) is 42.7 Å². The molecule has 0 spiro atoms. The molecule has 0 aliphatic heterocycles. The summed E-state index contributed by atoms with van der Waals surface area (Å²) in [6, 6.07) is 35.5. The maximum absolute atomic E-state index is 4.28. The molecule has 3 heteroatoms. The summed E-state index contributed by atoms with van der Waals surface area (Å²) in [5.41, 5.74) is 6.58. The van der Waals surface area contributed by atoms with Crippen LogP contribution in [0.2, 0.25) is 0 Å². The molecule has 0 amide bonds. The summed E-state index contributed by atoms with van der Waals surface area (Å²) in [6.07, 6.45) is 0. The molecular weight excluding hydrogens is 486 g/mol. The van der Waals surface area contributed by atoms with Crippen molar-refractivity contribution in [3.8, 4) is 0 Å². The lowest BCUT2D eigenvalue weighted by Crippen LogP contribution is -2.09. The Balaban J connectivity index is 1.72. The summed E-state index contributed by atoms with van der Waals surface area (Å²) in [4.78, 5) is 2.24. The van der Waals surface area contributed by atoms with Crippen LogP contribution < -0.4 is 4.90 Å². The molecule has 0 fully saturated rings. The van der Waals surface area contributed by atoms with Crippen LogP contribution in [0.5, 0.6) is 0 Å². The first-order chi connectivity index (χ1) is 14.1. The largest absolute Gasteiger partial charge is 0.311 e. The lowest BCUT2D eigenvalue weighted by molar-refractivity contribution is 1.28. The zero-order chi connectivity index (χ0) is 20.2. The van der Waals surface area contributed by atoms with Crippen molar-refractivity contribution in [3.05, 3.63) is 130 Å². The molecule has 4 aromatic carbocycles. The number of hydrogen-bond acceptors (Lipinski definition) is 1. The molecule has 0 unspecified atom stereocenters. The van der Waals surface area contributed by atoms with Crippen molar-refractivity contribution in [3.63, 3.8) is 0 Å². The molecule has 0 bridgehead atoms. The van der Waals surface area contributed by atoms with Crippen molar-refractivity contribution in [1.82, 2.24) is 0 Å². The van der Waals surface area contributed by atoms with Crippen LogP contribution in [0.1, 0.15) is 11.1 Å². The third kappa shape index (κ3) is 4.52. The van der Waals surface area contributed by atoms with Crippen LogP contribution in [-0.2, 0) is 0 Å². The Labute approximate surface area is 188 Å². The van der Waals surface area contributed by atoms with Crippen molar-refractivity contribution < 1.29 is 0 Å². The van der Waals surface area contributed by atoms with E-state index in [1.165, 1.54) is 0 Å². The van der Waals surface area contributed by atoms with Crippen LogP contribution in [0, 0.1) is 0 Å². The van der Waals surface area contributed by atoms with E-state index in [0.29, 0.717) is 0 Å². The van der Waals surface area contributed by atoms with Gasteiger partial charge in [-0.1, -0.05) is 80.9 Å². The fourth-order valence-electron chi connectivity index (χ4n) is 3.25. The second-order valence-electron chi connectivity index (χ2n) is 6.68. The molecule has 0 saturated heterocycles. The van der Waals surface area contributed by atoms with E-state index in [2.05, 4.69) is 128 Å². The first kappa shape index (κ1) is 19.7. The highest BCUT2D eigenvalue weighted by molar-refractivity contribution is 9.10. The van der Waals surface area contributed by atoms with Crippen LogP contribution in [0.3, 0.4) is 0 Å².